The molecule has 1 aromatic heterocycles. The minimum atomic E-state index is 0.361. The van der Waals surface area contributed by atoms with E-state index in [4.69, 9.17) is 5.73 Å². The fourth-order valence-corrected chi connectivity index (χ4v) is 2.80. The van der Waals surface area contributed by atoms with Crippen molar-refractivity contribution in [2.45, 2.75) is 31.3 Å². The summed E-state index contributed by atoms with van der Waals surface area (Å²) in [5.74, 6) is 3.82. The largest absolute Gasteiger partial charge is 0.328 e. The third-order valence-electron chi connectivity index (χ3n) is 3.63. The van der Waals surface area contributed by atoms with Gasteiger partial charge in [-0.15, -0.1) is 10.2 Å². The second-order valence-electron chi connectivity index (χ2n) is 5.19. The molecule has 0 aliphatic heterocycles. The van der Waals surface area contributed by atoms with Gasteiger partial charge in [-0.1, -0.05) is 0 Å². The zero-order chi connectivity index (χ0) is 13.1. The molecule has 0 spiro atoms. The van der Waals surface area contributed by atoms with Gasteiger partial charge in [0.05, 0.1) is 6.54 Å². The normalized spacial score (nSPS) is 23.4. The molecule has 2 N–H and O–H groups in total. The first-order valence-corrected chi connectivity index (χ1v) is 7.82. The van der Waals surface area contributed by atoms with Gasteiger partial charge in [-0.05, 0) is 26.1 Å². The highest BCUT2D eigenvalue weighted by molar-refractivity contribution is 7.98. The molecule has 0 saturated heterocycles. The molecule has 18 heavy (non-hydrogen) atoms. The summed E-state index contributed by atoms with van der Waals surface area (Å²) in [6, 6.07) is 0.361. The quantitative estimate of drug-likeness (QED) is 0.828. The van der Waals surface area contributed by atoms with Crippen molar-refractivity contribution in [1.29, 1.82) is 0 Å². The molecule has 0 atom stereocenters. The van der Waals surface area contributed by atoms with Gasteiger partial charge in [-0.2, -0.15) is 11.8 Å². The highest BCUT2D eigenvalue weighted by Gasteiger charge is 2.31. The summed E-state index contributed by atoms with van der Waals surface area (Å²) < 4.78 is 2.14. The van der Waals surface area contributed by atoms with Gasteiger partial charge in [0.2, 0.25) is 0 Å². The van der Waals surface area contributed by atoms with Crippen LogP contribution in [-0.2, 0) is 13.6 Å². The average molecular weight is 269 g/mol. The molecule has 1 aliphatic rings. The maximum absolute atomic E-state index is 5.83. The standard InChI is InChI=1S/C12H23N5S/c1-16(4-5-18-3)8-11-14-15-12(17(11)2)9-6-10(13)7-9/h9-10H,4-8,13H2,1-3H3. The molecule has 1 saturated carbocycles. The van der Waals surface area contributed by atoms with E-state index in [9.17, 15) is 0 Å². The maximum Gasteiger partial charge on any atom is 0.146 e. The summed E-state index contributed by atoms with van der Waals surface area (Å²) in [5, 5.41) is 8.65. The van der Waals surface area contributed by atoms with Gasteiger partial charge in [0, 0.05) is 31.3 Å². The van der Waals surface area contributed by atoms with E-state index in [-0.39, 0.29) is 0 Å². The summed E-state index contributed by atoms with van der Waals surface area (Å²) >= 11 is 1.87. The second kappa shape index (κ2) is 6.04. The Balaban J connectivity index is 1.93. The van der Waals surface area contributed by atoms with E-state index in [1.54, 1.807) is 0 Å². The Morgan fingerprint density at radius 3 is 2.78 bits per heavy atom. The van der Waals surface area contributed by atoms with E-state index in [0.29, 0.717) is 12.0 Å². The zero-order valence-corrected chi connectivity index (χ0v) is 12.3. The van der Waals surface area contributed by atoms with Gasteiger partial charge >= 0.3 is 0 Å². The first-order chi connectivity index (χ1) is 8.61. The Kier molecular flexibility index (Phi) is 4.64. The molecule has 0 aromatic carbocycles. The van der Waals surface area contributed by atoms with E-state index in [2.05, 4.69) is 40.0 Å². The molecule has 2 rings (SSSR count). The highest BCUT2D eigenvalue weighted by Crippen LogP contribution is 2.34. The molecule has 6 heteroatoms. The maximum atomic E-state index is 5.83. The molecule has 1 aliphatic carbocycles. The van der Waals surface area contributed by atoms with E-state index >= 15 is 0 Å². The minimum Gasteiger partial charge on any atom is -0.328 e. The summed E-state index contributed by atoms with van der Waals surface area (Å²) in [6.45, 7) is 1.94. The molecule has 0 amide bonds. The smallest absolute Gasteiger partial charge is 0.146 e. The first-order valence-electron chi connectivity index (χ1n) is 6.43. The van der Waals surface area contributed by atoms with E-state index in [1.807, 2.05) is 11.8 Å². The molecular weight excluding hydrogens is 246 g/mol. The zero-order valence-electron chi connectivity index (χ0n) is 11.5. The van der Waals surface area contributed by atoms with Crippen LogP contribution in [0.1, 0.15) is 30.4 Å². The van der Waals surface area contributed by atoms with E-state index in [1.165, 1.54) is 0 Å². The lowest BCUT2D eigenvalue weighted by atomic mass is 9.80. The Labute approximate surface area is 113 Å². The number of rotatable bonds is 6. The molecule has 1 aromatic rings. The lowest BCUT2D eigenvalue weighted by Gasteiger charge is -2.31. The third-order valence-corrected chi connectivity index (χ3v) is 4.22. The van der Waals surface area contributed by atoms with Crippen LogP contribution < -0.4 is 5.73 Å². The van der Waals surface area contributed by atoms with E-state index in [0.717, 1.165) is 43.3 Å². The van der Waals surface area contributed by atoms with Gasteiger partial charge < -0.3 is 10.3 Å². The van der Waals surface area contributed by atoms with Gasteiger partial charge in [0.25, 0.3) is 0 Å². The number of nitrogens with zero attached hydrogens (tertiary/aromatic N) is 4. The topological polar surface area (TPSA) is 60.0 Å². The predicted octanol–water partition coefficient (Wildman–Crippen LogP) is 0.815. The van der Waals surface area contributed by atoms with Crippen molar-refractivity contribution in [1.82, 2.24) is 19.7 Å². The number of hydrogen-bond acceptors (Lipinski definition) is 5. The van der Waals surface area contributed by atoms with Crippen molar-refractivity contribution >= 4 is 11.8 Å². The van der Waals surface area contributed by atoms with Crippen LogP contribution in [0.25, 0.3) is 0 Å². The number of aromatic nitrogens is 3. The lowest BCUT2D eigenvalue weighted by Crippen LogP contribution is -2.36. The Morgan fingerprint density at radius 2 is 2.17 bits per heavy atom. The summed E-state index contributed by atoms with van der Waals surface area (Å²) in [7, 11) is 4.20. The van der Waals surface area contributed by atoms with Gasteiger partial charge in [0.1, 0.15) is 11.6 Å². The van der Waals surface area contributed by atoms with Crippen LogP contribution >= 0.6 is 11.8 Å². The Bertz CT molecular complexity index is 386. The highest BCUT2D eigenvalue weighted by atomic mass is 32.2. The average Bonchev–Trinajstić information content (AvgIpc) is 2.64. The van der Waals surface area contributed by atoms with Crippen molar-refractivity contribution in [2.75, 3.05) is 25.6 Å². The summed E-state index contributed by atoms with van der Waals surface area (Å²) in [4.78, 5) is 2.29. The molecule has 0 unspecified atom stereocenters. The van der Waals surface area contributed by atoms with Crippen molar-refractivity contribution in [3.63, 3.8) is 0 Å². The third kappa shape index (κ3) is 3.05. The molecule has 1 fully saturated rings. The van der Waals surface area contributed by atoms with Gasteiger partial charge in [0.15, 0.2) is 0 Å². The predicted molar refractivity (Wildman–Crippen MR) is 75.7 cm³/mol. The molecular formula is C12H23N5S. The summed E-state index contributed by atoms with van der Waals surface area (Å²) in [6.07, 6.45) is 4.23. The van der Waals surface area contributed by atoms with E-state index < -0.39 is 0 Å². The van der Waals surface area contributed by atoms with Crippen LogP contribution in [0.2, 0.25) is 0 Å². The van der Waals surface area contributed by atoms with Gasteiger partial charge in [-0.3, -0.25) is 4.90 Å². The van der Waals surface area contributed by atoms with Crippen LogP contribution in [0.5, 0.6) is 0 Å². The molecule has 1 heterocycles. The number of thioether (sulfide) groups is 1. The first kappa shape index (κ1) is 13.8. The lowest BCUT2D eigenvalue weighted by molar-refractivity contribution is 0.321. The Morgan fingerprint density at radius 1 is 1.44 bits per heavy atom. The number of nitrogens with two attached hydrogens (primary N) is 1. The fraction of sp³-hybridized carbons (Fsp3) is 0.833. The fourth-order valence-electron chi connectivity index (χ4n) is 2.31. The molecule has 5 nitrogen and oxygen atoms in total. The second-order valence-corrected chi connectivity index (χ2v) is 6.18. The van der Waals surface area contributed by atoms with Crippen LogP contribution in [0.4, 0.5) is 0 Å². The summed E-state index contributed by atoms with van der Waals surface area (Å²) in [5.41, 5.74) is 5.83. The molecule has 0 radical (unpaired) electrons. The van der Waals surface area contributed by atoms with Crippen LogP contribution in [0.15, 0.2) is 0 Å². The van der Waals surface area contributed by atoms with Crippen molar-refractivity contribution < 1.29 is 0 Å². The van der Waals surface area contributed by atoms with Crippen molar-refractivity contribution in [2.24, 2.45) is 12.8 Å². The number of hydrogen-bond donors (Lipinski definition) is 1. The Hall–Kier alpha value is -0.590. The minimum absolute atomic E-state index is 0.361. The monoisotopic (exact) mass is 269 g/mol. The van der Waals surface area contributed by atoms with Gasteiger partial charge in [-0.25, -0.2) is 0 Å². The van der Waals surface area contributed by atoms with Crippen LogP contribution in [0.3, 0.4) is 0 Å². The van der Waals surface area contributed by atoms with Crippen LogP contribution in [0, 0.1) is 0 Å². The van der Waals surface area contributed by atoms with Crippen molar-refractivity contribution in [3.05, 3.63) is 11.6 Å². The SMILES string of the molecule is CSCCN(C)Cc1nnc(C2CC(N)C2)n1C. The molecule has 102 valence electrons. The van der Waals surface area contributed by atoms with Crippen LogP contribution in [-0.4, -0.2) is 51.3 Å². The molecule has 0 bridgehead atoms. The van der Waals surface area contributed by atoms with Crippen molar-refractivity contribution in [3.8, 4) is 0 Å².